The molecule has 1 saturated carbocycles. The Hall–Kier alpha value is -1.31. The van der Waals surface area contributed by atoms with E-state index in [9.17, 15) is 4.79 Å². The third-order valence-corrected chi connectivity index (χ3v) is 3.36. The zero-order valence-electron chi connectivity index (χ0n) is 9.74. The van der Waals surface area contributed by atoms with Gasteiger partial charge in [0.1, 0.15) is 5.75 Å². The van der Waals surface area contributed by atoms with Crippen LogP contribution in [0.2, 0.25) is 0 Å². The van der Waals surface area contributed by atoms with Gasteiger partial charge in [-0.05, 0) is 18.1 Å². The van der Waals surface area contributed by atoms with Crippen LogP contribution in [-0.4, -0.2) is 12.9 Å². The van der Waals surface area contributed by atoms with E-state index in [0.29, 0.717) is 18.1 Å². The molecule has 1 aromatic carbocycles. The Labute approximate surface area is 96.6 Å². The quantitative estimate of drug-likeness (QED) is 0.723. The topological polar surface area (TPSA) is 26.3 Å². The zero-order chi connectivity index (χ0) is 11.4. The van der Waals surface area contributed by atoms with Crippen molar-refractivity contribution in [3.8, 4) is 5.75 Å². The first-order valence-electron chi connectivity index (χ1n) is 5.97. The summed E-state index contributed by atoms with van der Waals surface area (Å²) in [4.78, 5) is 12.1. The summed E-state index contributed by atoms with van der Waals surface area (Å²) in [6, 6.07) is 7.49. The number of benzene rings is 1. The van der Waals surface area contributed by atoms with Crippen LogP contribution in [0.25, 0.3) is 0 Å². The maximum atomic E-state index is 12.1. The lowest BCUT2D eigenvalue weighted by molar-refractivity contribution is 0.0959. The van der Waals surface area contributed by atoms with Crippen molar-refractivity contribution in [1.82, 2.24) is 0 Å². The Morgan fingerprint density at radius 2 is 2.00 bits per heavy atom. The number of para-hydroxylation sites is 1. The van der Waals surface area contributed by atoms with E-state index in [1.165, 1.54) is 25.7 Å². The average Bonchev–Trinajstić information content (AvgIpc) is 2.81. The molecule has 0 amide bonds. The molecular weight excluding hydrogens is 200 g/mol. The fourth-order valence-electron chi connectivity index (χ4n) is 2.46. The van der Waals surface area contributed by atoms with Crippen molar-refractivity contribution in [3.05, 3.63) is 29.8 Å². The molecule has 0 aliphatic heterocycles. The molecule has 0 spiro atoms. The van der Waals surface area contributed by atoms with Gasteiger partial charge in [0.2, 0.25) is 0 Å². The Morgan fingerprint density at radius 3 is 2.69 bits per heavy atom. The van der Waals surface area contributed by atoms with Gasteiger partial charge in [-0.1, -0.05) is 37.8 Å². The Morgan fingerprint density at radius 1 is 1.31 bits per heavy atom. The highest BCUT2D eigenvalue weighted by Gasteiger charge is 2.20. The molecule has 1 aliphatic carbocycles. The number of ether oxygens (including phenoxy) is 1. The van der Waals surface area contributed by atoms with Crippen molar-refractivity contribution >= 4 is 5.78 Å². The summed E-state index contributed by atoms with van der Waals surface area (Å²) in [6.07, 6.45) is 5.66. The molecule has 0 N–H and O–H groups in total. The molecule has 0 bridgehead atoms. The first kappa shape index (κ1) is 11.2. The molecule has 2 nitrogen and oxygen atoms in total. The molecular formula is C14H18O2. The van der Waals surface area contributed by atoms with Gasteiger partial charge in [-0.3, -0.25) is 4.79 Å². The van der Waals surface area contributed by atoms with Crippen LogP contribution >= 0.6 is 0 Å². The number of carbonyl (C=O) groups is 1. The van der Waals surface area contributed by atoms with Gasteiger partial charge < -0.3 is 4.74 Å². The number of Topliss-reactive ketones (excluding diaryl/α,β-unsaturated/α-hetero) is 1. The molecule has 1 fully saturated rings. The molecule has 0 aromatic heterocycles. The number of methoxy groups -OCH3 is 1. The normalized spacial score (nSPS) is 16.3. The van der Waals surface area contributed by atoms with Crippen molar-refractivity contribution in [2.75, 3.05) is 7.11 Å². The number of carbonyl (C=O) groups excluding carboxylic acids is 1. The van der Waals surface area contributed by atoms with Gasteiger partial charge in [0.05, 0.1) is 12.7 Å². The van der Waals surface area contributed by atoms with Gasteiger partial charge in [-0.15, -0.1) is 0 Å². The van der Waals surface area contributed by atoms with Crippen LogP contribution < -0.4 is 4.74 Å². The van der Waals surface area contributed by atoms with E-state index in [4.69, 9.17) is 4.74 Å². The first-order valence-corrected chi connectivity index (χ1v) is 5.97. The van der Waals surface area contributed by atoms with Crippen LogP contribution in [0.3, 0.4) is 0 Å². The second-order valence-corrected chi connectivity index (χ2v) is 4.48. The highest BCUT2D eigenvalue weighted by atomic mass is 16.5. The summed E-state index contributed by atoms with van der Waals surface area (Å²) >= 11 is 0. The van der Waals surface area contributed by atoms with E-state index in [1.807, 2.05) is 24.3 Å². The lowest BCUT2D eigenvalue weighted by Gasteiger charge is -2.10. The molecule has 0 saturated heterocycles. The van der Waals surface area contributed by atoms with Crippen LogP contribution in [0, 0.1) is 5.92 Å². The van der Waals surface area contributed by atoms with Gasteiger partial charge in [0, 0.05) is 6.42 Å². The van der Waals surface area contributed by atoms with Crippen molar-refractivity contribution in [3.63, 3.8) is 0 Å². The summed E-state index contributed by atoms with van der Waals surface area (Å²) in [5, 5.41) is 0. The highest BCUT2D eigenvalue weighted by Crippen LogP contribution is 2.30. The largest absolute Gasteiger partial charge is 0.496 e. The number of ketones is 1. The Kier molecular flexibility index (Phi) is 3.60. The minimum absolute atomic E-state index is 0.226. The molecule has 0 unspecified atom stereocenters. The van der Waals surface area contributed by atoms with E-state index >= 15 is 0 Å². The summed E-state index contributed by atoms with van der Waals surface area (Å²) in [5.74, 6) is 1.52. The van der Waals surface area contributed by atoms with E-state index < -0.39 is 0 Å². The molecule has 0 radical (unpaired) electrons. The standard InChI is InChI=1S/C14H18O2/c1-16-14-9-5-4-8-12(14)13(15)10-11-6-2-3-7-11/h4-5,8-9,11H,2-3,6-7,10H2,1H3. The number of hydrogen-bond donors (Lipinski definition) is 0. The minimum atomic E-state index is 0.226. The van der Waals surface area contributed by atoms with E-state index in [-0.39, 0.29) is 5.78 Å². The van der Waals surface area contributed by atoms with E-state index in [0.717, 1.165) is 5.56 Å². The molecule has 0 atom stereocenters. The lowest BCUT2D eigenvalue weighted by Crippen LogP contribution is -2.07. The van der Waals surface area contributed by atoms with Gasteiger partial charge in [-0.2, -0.15) is 0 Å². The smallest absolute Gasteiger partial charge is 0.166 e. The van der Waals surface area contributed by atoms with Gasteiger partial charge in [0.15, 0.2) is 5.78 Å². The predicted molar refractivity (Wildman–Crippen MR) is 63.9 cm³/mol. The van der Waals surface area contributed by atoms with Crippen molar-refractivity contribution in [2.45, 2.75) is 32.1 Å². The summed E-state index contributed by atoms with van der Waals surface area (Å²) < 4.78 is 5.21. The summed E-state index contributed by atoms with van der Waals surface area (Å²) in [6.45, 7) is 0. The molecule has 1 aromatic rings. The van der Waals surface area contributed by atoms with Crippen LogP contribution in [0.15, 0.2) is 24.3 Å². The molecule has 2 rings (SSSR count). The van der Waals surface area contributed by atoms with Crippen LogP contribution in [0.4, 0.5) is 0 Å². The second kappa shape index (κ2) is 5.15. The summed E-state index contributed by atoms with van der Waals surface area (Å²) in [5.41, 5.74) is 0.733. The van der Waals surface area contributed by atoms with Crippen molar-refractivity contribution in [1.29, 1.82) is 0 Å². The Balaban J connectivity index is 2.07. The average molecular weight is 218 g/mol. The Bertz CT molecular complexity index is 365. The molecule has 16 heavy (non-hydrogen) atoms. The maximum absolute atomic E-state index is 12.1. The monoisotopic (exact) mass is 218 g/mol. The van der Waals surface area contributed by atoms with Crippen molar-refractivity contribution in [2.24, 2.45) is 5.92 Å². The molecule has 1 aliphatic rings. The van der Waals surface area contributed by atoms with E-state index in [1.54, 1.807) is 7.11 Å². The third-order valence-electron chi connectivity index (χ3n) is 3.36. The fourth-order valence-corrected chi connectivity index (χ4v) is 2.46. The van der Waals surface area contributed by atoms with Gasteiger partial charge in [-0.25, -0.2) is 0 Å². The van der Waals surface area contributed by atoms with Crippen LogP contribution in [-0.2, 0) is 0 Å². The SMILES string of the molecule is COc1ccccc1C(=O)CC1CCCC1. The number of hydrogen-bond acceptors (Lipinski definition) is 2. The maximum Gasteiger partial charge on any atom is 0.166 e. The van der Waals surface area contributed by atoms with Gasteiger partial charge >= 0.3 is 0 Å². The zero-order valence-corrected chi connectivity index (χ0v) is 9.74. The fraction of sp³-hybridized carbons (Fsp3) is 0.500. The highest BCUT2D eigenvalue weighted by molar-refractivity contribution is 5.98. The third kappa shape index (κ3) is 2.43. The molecule has 86 valence electrons. The second-order valence-electron chi connectivity index (χ2n) is 4.48. The van der Waals surface area contributed by atoms with Crippen LogP contribution in [0.5, 0.6) is 5.75 Å². The summed E-state index contributed by atoms with van der Waals surface area (Å²) in [7, 11) is 1.61. The number of rotatable bonds is 4. The van der Waals surface area contributed by atoms with Crippen LogP contribution in [0.1, 0.15) is 42.5 Å². The predicted octanol–water partition coefficient (Wildman–Crippen LogP) is 3.46. The first-order chi connectivity index (χ1) is 7.81. The molecule has 0 heterocycles. The molecule has 2 heteroatoms. The lowest BCUT2D eigenvalue weighted by atomic mass is 9.96. The van der Waals surface area contributed by atoms with Crippen molar-refractivity contribution < 1.29 is 9.53 Å². The minimum Gasteiger partial charge on any atom is -0.496 e. The van der Waals surface area contributed by atoms with Gasteiger partial charge in [0.25, 0.3) is 0 Å². The van der Waals surface area contributed by atoms with E-state index in [2.05, 4.69) is 0 Å².